The Morgan fingerprint density at radius 1 is 1.38 bits per heavy atom. The van der Waals surface area contributed by atoms with Gasteiger partial charge in [0.05, 0.1) is 4.47 Å². The van der Waals surface area contributed by atoms with Crippen molar-refractivity contribution >= 4 is 15.9 Å². The standard InChI is InChI=1S/C9H9BrO3/c10-8-6(3-4-11)1-2-7-9(8)13-5-12-7/h1-2,11H,3-5H2. The van der Waals surface area contributed by atoms with E-state index in [-0.39, 0.29) is 13.4 Å². The molecule has 1 heterocycles. The van der Waals surface area contributed by atoms with E-state index in [1.165, 1.54) is 0 Å². The topological polar surface area (TPSA) is 38.7 Å². The number of rotatable bonds is 2. The van der Waals surface area contributed by atoms with Crippen molar-refractivity contribution in [1.29, 1.82) is 0 Å². The summed E-state index contributed by atoms with van der Waals surface area (Å²) in [6.07, 6.45) is 0.622. The van der Waals surface area contributed by atoms with E-state index >= 15 is 0 Å². The van der Waals surface area contributed by atoms with Gasteiger partial charge in [-0.1, -0.05) is 6.07 Å². The van der Waals surface area contributed by atoms with Gasteiger partial charge in [0.25, 0.3) is 0 Å². The highest BCUT2D eigenvalue weighted by molar-refractivity contribution is 9.10. The lowest BCUT2D eigenvalue weighted by atomic mass is 10.1. The average Bonchev–Trinajstić information content (AvgIpc) is 2.58. The fourth-order valence-corrected chi connectivity index (χ4v) is 1.93. The number of hydrogen-bond donors (Lipinski definition) is 1. The molecule has 1 aliphatic heterocycles. The average molecular weight is 245 g/mol. The highest BCUT2D eigenvalue weighted by Gasteiger charge is 2.18. The summed E-state index contributed by atoms with van der Waals surface area (Å²) in [5, 5.41) is 8.80. The minimum absolute atomic E-state index is 0.137. The van der Waals surface area contributed by atoms with Crippen molar-refractivity contribution < 1.29 is 14.6 Å². The molecule has 0 atom stereocenters. The van der Waals surface area contributed by atoms with E-state index in [2.05, 4.69) is 15.9 Å². The summed E-state index contributed by atoms with van der Waals surface area (Å²) in [4.78, 5) is 0. The van der Waals surface area contributed by atoms with Gasteiger partial charge in [-0.25, -0.2) is 0 Å². The normalized spacial score (nSPS) is 13.4. The highest BCUT2D eigenvalue weighted by atomic mass is 79.9. The molecule has 0 unspecified atom stereocenters. The molecule has 13 heavy (non-hydrogen) atoms. The first-order valence-electron chi connectivity index (χ1n) is 4.01. The number of aliphatic hydroxyl groups excluding tert-OH is 1. The Kier molecular flexibility index (Phi) is 2.42. The first-order chi connectivity index (χ1) is 6.33. The lowest BCUT2D eigenvalue weighted by Gasteiger charge is -2.04. The molecule has 0 aromatic heterocycles. The van der Waals surface area contributed by atoms with Gasteiger partial charge in [0.15, 0.2) is 11.5 Å². The fourth-order valence-electron chi connectivity index (χ4n) is 1.29. The Bertz CT molecular complexity index is 325. The monoisotopic (exact) mass is 244 g/mol. The molecule has 0 fully saturated rings. The fraction of sp³-hybridized carbons (Fsp3) is 0.333. The Morgan fingerprint density at radius 3 is 3.00 bits per heavy atom. The molecule has 0 amide bonds. The first-order valence-corrected chi connectivity index (χ1v) is 4.80. The van der Waals surface area contributed by atoms with Crippen LogP contribution in [0.3, 0.4) is 0 Å². The predicted molar refractivity (Wildman–Crippen MR) is 51.1 cm³/mol. The maximum absolute atomic E-state index is 8.80. The maximum atomic E-state index is 8.80. The second-order valence-electron chi connectivity index (χ2n) is 2.75. The Labute approximate surface area is 84.4 Å². The maximum Gasteiger partial charge on any atom is 0.231 e. The molecule has 1 aliphatic rings. The lowest BCUT2D eigenvalue weighted by molar-refractivity contribution is 0.173. The second-order valence-corrected chi connectivity index (χ2v) is 3.54. The van der Waals surface area contributed by atoms with Crippen molar-refractivity contribution in [2.75, 3.05) is 13.4 Å². The van der Waals surface area contributed by atoms with Gasteiger partial charge in [0.1, 0.15) is 0 Å². The molecule has 3 nitrogen and oxygen atoms in total. The number of aliphatic hydroxyl groups is 1. The van der Waals surface area contributed by atoms with Crippen molar-refractivity contribution in [3.05, 3.63) is 22.2 Å². The summed E-state index contributed by atoms with van der Waals surface area (Å²) in [6, 6.07) is 3.78. The van der Waals surface area contributed by atoms with E-state index in [1.807, 2.05) is 12.1 Å². The van der Waals surface area contributed by atoms with Crippen molar-refractivity contribution in [3.8, 4) is 11.5 Å². The molecule has 0 aliphatic carbocycles. The molecular weight excluding hydrogens is 236 g/mol. The van der Waals surface area contributed by atoms with Gasteiger partial charge in [0, 0.05) is 6.61 Å². The SMILES string of the molecule is OCCc1ccc2c(c1Br)OCO2. The zero-order chi connectivity index (χ0) is 9.26. The lowest BCUT2D eigenvalue weighted by Crippen LogP contribution is -1.94. The third-order valence-corrected chi connectivity index (χ3v) is 2.81. The third-order valence-electron chi connectivity index (χ3n) is 1.94. The van der Waals surface area contributed by atoms with E-state index < -0.39 is 0 Å². The van der Waals surface area contributed by atoms with Crippen LogP contribution in [-0.4, -0.2) is 18.5 Å². The molecule has 2 rings (SSSR count). The van der Waals surface area contributed by atoms with Crippen LogP contribution < -0.4 is 9.47 Å². The van der Waals surface area contributed by atoms with Crippen LogP contribution in [0.15, 0.2) is 16.6 Å². The summed E-state index contributed by atoms with van der Waals surface area (Å²) in [6.45, 7) is 0.411. The van der Waals surface area contributed by atoms with Crippen LogP contribution in [0.5, 0.6) is 11.5 Å². The molecule has 1 aromatic rings. The van der Waals surface area contributed by atoms with E-state index in [9.17, 15) is 0 Å². The third kappa shape index (κ3) is 1.51. The van der Waals surface area contributed by atoms with E-state index in [4.69, 9.17) is 14.6 Å². The molecule has 1 N–H and O–H groups in total. The molecule has 0 spiro atoms. The van der Waals surface area contributed by atoms with Crippen LogP contribution in [0, 0.1) is 0 Å². The van der Waals surface area contributed by atoms with Gasteiger partial charge < -0.3 is 14.6 Å². The Balaban J connectivity index is 2.40. The van der Waals surface area contributed by atoms with Crippen LogP contribution >= 0.6 is 15.9 Å². The van der Waals surface area contributed by atoms with Crippen LogP contribution in [0.4, 0.5) is 0 Å². The molecule has 70 valence electrons. The van der Waals surface area contributed by atoms with Gasteiger partial charge >= 0.3 is 0 Å². The number of halogens is 1. The van der Waals surface area contributed by atoms with E-state index in [0.717, 1.165) is 21.5 Å². The minimum atomic E-state index is 0.137. The molecule has 1 aromatic carbocycles. The van der Waals surface area contributed by atoms with Crippen molar-refractivity contribution in [1.82, 2.24) is 0 Å². The predicted octanol–water partition coefficient (Wildman–Crippen LogP) is 1.71. The van der Waals surface area contributed by atoms with Crippen LogP contribution in [0.1, 0.15) is 5.56 Å². The van der Waals surface area contributed by atoms with Gasteiger partial charge in [0.2, 0.25) is 6.79 Å². The Hall–Kier alpha value is -0.740. The van der Waals surface area contributed by atoms with Crippen LogP contribution in [0.25, 0.3) is 0 Å². The van der Waals surface area contributed by atoms with Crippen LogP contribution in [0.2, 0.25) is 0 Å². The molecular formula is C9H9BrO3. The summed E-state index contributed by atoms with van der Waals surface area (Å²) < 4.78 is 11.3. The van der Waals surface area contributed by atoms with Crippen molar-refractivity contribution in [2.24, 2.45) is 0 Å². The zero-order valence-corrected chi connectivity index (χ0v) is 8.50. The molecule has 0 saturated carbocycles. The number of benzene rings is 1. The van der Waals surface area contributed by atoms with Gasteiger partial charge in [-0.2, -0.15) is 0 Å². The molecule has 0 radical (unpaired) electrons. The number of hydrogen-bond acceptors (Lipinski definition) is 3. The van der Waals surface area contributed by atoms with Gasteiger partial charge in [-0.05, 0) is 34.0 Å². The summed E-state index contributed by atoms with van der Waals surface area (Å²) >= 11 is 3.42. The highest BCUT2D eigenvalue weighted by Crippen LogP contribution is 2.40. The second kappa shape index (κ2) is 3.55. The first kappa shape index (κ1) is 8.84. The quantitative estimate of drug-likeness (QED) is 0.862. The largest absolute Gasteiger partial charge is 0.454 e. The summed E-state index contributed by atoms with van der Waals surface area (Å²) in [7, 11) is 0. The van der Waals surface area contributed by atoms with Crippen molar-refractivity contribution in [3.63, 3.8) is 0 Å². The number of ether oxygens (including phenoxy) is 2. The molecule has 0 saturated heterocycles. The van der Waals surface area contributed by atoms with Gasteiger partial charge in [-0.3, -0.25) is 0 Å². The van der Waals surface area contributed by atoms with E-state index in [1.54, 1.807) is 0 Å². The Morgan fingerprint density at radius 2 is 2.23 bits per heavy atom. The molecule has 4 heteroatoms. The summed E-state index contributed by atoms with van der Waals surface area (Å²) in [5.74, 6) is 1.50. The number of fused-ring (bicyclic) bond motifs is 1. The van der Waals surface area contributed by atoms with Crippen LogP contribution in [-0.2, 0) is 6.42 Å². The summed E-state index contributed by atoms with van der Waals surface area (Å²) in [5.41, 5.74) is 1.03. The minimum Gasteiger partial charge on any atom is -0.454 e. The van der Waals surface area contributed by atoms with Gasteiger partial charge in [-0.15, -0.1) is 0 Å². The smallest absolute Gasteiger partial charge is 0.231 e. The zero-order valence-electron chi connectivity index (χ0n) is 6.92. The van der Waals surface area contributed by atoms with E-state index in [0.29, 0.717) is 6.42 Å². The van der Waals surface area contributed by atoms with Crippen molar-refractivity contribution in [2.45, 2.75) is 6.42 Å². The molecule has 0 bridgehead atoms.